The highest BCUT2D eigenvalue weighted by molar-refractivity contribution is 5.94. The summed E-state index contributed by atoms with van der Waals surface area (Å²) < 4.78 is 56.5. The highest BCUT2D eigenvalue weighted by atomic mass is 19.4. The van der Waals surface area contributed by atoms with Gasteiger partial charge in [0.25, 0.3) is 5.91 Å². The molecule has 3 aromatic rings. The van der Waals surface area contributed by atoms with Crippen molar-refractivity contribution < 1.29 is 27.1 Å². The van der Waals surface area contributed by atoms with E-state index in [-0.39, 0.29) is 29.1 Å². The zero-order valence-electron chi connectivity index (χ0n) is 19.9. The Balaban J connectivity index is 1.52. The van der Waals surface area contributed by atoms with Crippen LogP contribution in [-0.2, 0) is 0 Å². The zero-order valence-corrected chi connectivity index (χ0v) is 19.9. The Hall–Kier alpha value is -4.48. The number of ether oxygens (including phenoxy) is 1. The molecule has 0 saturated carbocycles. The number of likely N-dealkylation sites (tertiary alicyclic amines) is 1. The fraction of sp³-hybridized carbons (Fsp3) is 0.259. The van der Waals surface area contributed by atoms with E-state index in [1.165, 1.54) is 24.4 Å². The molecular weight excluding hydrogens is 502 g/mol. The summed E-state index contributed by atoms with van der Waals surface area (Å²) in [5, 5.41) is 20.9. The predicted octanol–water partition coefficient (Wildman–Crippen LogP) is 4.50. The fourth-order valence-electron chi connectivity index (χ4n) is 4.32. The monoisotopic (exact) mass is 523 g/mol. The zero-order chi connectivity index (χ0) is 27.3. The fourth-order valence-corrected chi connectivity index (χ4v) is 4.32. The Morgan fingerprint density at radius 1 is 1.08 bits per heavy atom. The molecule has 0 spiro atoms. The van der Waals surface area contributed by atoms with E-state index in [9.17, 15) is 22.4 Å². The first-order chi connectivity index (χ1) is 18.2. The number of nitrogens with zero attached hydrogens (tertiary/aromatic N) is 4. The first kappa shape index (κ1) is 26.6. The summed E-state index contributed by atoms with van der Waals surface area (Å²) in [6.45, 7) is -0.496. The van der Waals surface area contributed by atoms with E-state index in [0.29, 0.717) is 30.6 Å². The quantitative estimate of drug-likeness (QED) is 0.458. The molecule has 0 aliphatic carbocycles. The van der Waals surface area contributed by atoms with Gasteiger partial charge in [0.15, 0.2) is 6.61 Å². The molecule has 1 fully saturated rings. The van der Waals surface area contributed by atoms with E-state index in [1.807, 2.05) is 6.07 Å². The van der Waals surface area contributed by atoms with Crippen molar-refractivity contribution in [1.82, 2.24) is 15.2 Å². The molecule has 0 bridgehead atoms. The maximum Gasteiger partial charge on any atom is 0.422 e. The number of nitriles is 2. The second-order valence-electron chi connectivity index (χ2n) is 8.73. The summed E-state index contributed by atoms with van der Waals surface area (Å²) in [4.78, 5) is 18.8. The summed E-state index contributed by atoms with van der Waals surface area (Å²) in [6, 6.07) is 16.7. The van der Waals surface area contributed by atoms with Crippen molar-refractivity contribution in [3.8, 4) is 18.0 Å². The van der Waals surface area contributed by atoms with Gasteiger partial charge in [-0.3, -0.25) is 9.69 Å². The summed E-state index contributed by atoms with van der Waals surface area (Å²) in [5.41, 5.74) is 1.92. The maximum absolute atomic E-state index is 14.3. The van der Waals surface area contributed by atoms with E-state index in [2.05, 4.69) is 21.3 Å². The van der Waals surface area contributed by atoms with Crippen LogP contribution in [0.1, 0.15) is 45.1 Å². The molecule has 11 heteroatoms. The van der Waals surface area contributed by atoms with Gasteiger partial charge in [0.2, 0.25) is 5.88 Å². The molecular formula is C27H21F4N5O2. The van der Waals surface area contributed by atoms with Crippen molar-refractivity contribution >= 4 is 5.91 Å². The van der Waals surface area contributed by atoms with Crippen LogP contribution in [0.15, 0.2) is 60.8 Å². The van der Waals surface area contributed by atoms with Crippen LogP contribution in [-0.4, -0.2) is 47.7 Å². The van der Waals surface area contributed by atoms with Gasteiger partial charge < -0.3 is 10.1 Å². The molecule has 2 heterocycles. The Morgan fingerprint density at radius 3 is 2.37 bits per heavy atom. The van der Waals surface area contributed by atoms with Crippen molar-refractivity contribution in [2.24, 2.45) is 0 Å². The van der Waals surface area contributed by atoms with E-state index in [4.69, 9.17) is 15.3 Å². The molecule has 1 saturated heterocycles. The second-order valence-corrected chi connectivity index (χ2v) is 8.73. The topological polar surface area (TPSA) is 102 Å². The third kappa shape index (κ3) is 6.44. The van der Waals surface area contributed by atoms with Gasteiger partial charge in [-0.15, -0.1) is 0 Å². The molecule has 2 atom stereocenters. The van der Waals surface area contributed by atoms with E-state index < -0.39 is 24.5 Å². The lowest BCUT2D eigenvalue weighted by Crippen LogP contribution is -2.38. The van der Waals surface area contributed by atoms with Crippen molar-refractivity contribution in [3.63, 3.8) is 0 Å². The number of carbonyl (C=O) groups excluding carboxylic acids is 1. The van der Waals surface area contributed by atoms with E-state index >= 15 is 0 Å². The Kier molecular flexibility index (Phi) is 7.89. The molecule has 1 aromatic heterocycles. The number of hydrogen-bond acceptors (Lipinski definition) is 6. The standard InChI is InChI=1S/C27H21F4N5O2/c28-23-11-18(13-33)3-7-22(23)26(37)35-21-9-10-36(15-21)25(19-4-1-17(12-32)2-5-19)20-6-8-24(34-14-20)38-16-27(29,30)31/h1-8,11,14,21,25H,9-10,15-16H2,(H,35,37)/t21?,25-/m1/s1. The van der Waals surface area contributed by atoms with Crippen LogP contribution >= 0.6 is 0 Å². The highest BCUT2D eigenvalue weighted by Crippen LogP contribution is 2.32. The number of nitrogens with one attached hydrogen (secondary N) is 1. The predicted molar refractivity (Wildman–Crippen MR) is 127 cm³/mol. The molecule has 7 nitrogen and oxygen atoms in total. The lowest BCUT2D eigenvalue weighted by atomic mass is 9.97. The number of benzene rings is 2. The van der Waals surface area contributed by atoms with E-state index in [0.717, 1.165) is 11.6 Å². The number of pyridine rings is 1. The third-order valence-corrected chi connectivity index (χ3v) is 6.08. The first-order valence-corrected chi connectivity index (χ1v) is 11.6. The van der Waals surface area contributed by atoms with Gasteiger partial charge in [0.1, 0.15) is 5.82 Å². The van der Waals surface area contributed by atoms with Gasteiger partial charge >= 0.3 is 6.18 Å². The molecule has 194 valence electrons. The normalized spacial score (nSPS) is 16.3. The minimum Gasteiger partial charge on any atom is -0.468 e. The summed E-state index contributed by atoms with van der Waals surface area (Å²) in [6.07, 6.45) is -2.48. The molecule has 1 unspecified atom stereocenters. The summed E-state index contributed by atoms with van der Waals surface area (Å²) in [5.74, 6) is -1.55. The molecule has 38 heavy (non-hydrogen) atoms. The van der Waals surface area contributed by atoms with Crippen LogP contribution in [0, 0.1) is 28.5 Å². The van der Waals surface area contributed by atoms with E-state index in [1.54, 1.807) is 30.3 Å². The molecule has 1 aliphatic rings. The Labute approximate surface area is 215 Å². The van der Waals surface area contributed by atoms with Gasteiger partial charge in [0.05, 0.1) is 34.9 Å². The van der Waals surface area contributed by atoms with Gasteiger partial charge in [-0.05, 0) is 47.9 Å². The van der Waals surface area contributed by atoms with Crippen LogP contribution in [0.3, 0.4) is 0 Å². The largest absolute Gasteiger partial charge is 0.468 e. The summed E-state index contributed by atoms with van der Waals surface area (Å²) in [7, 11) is 0. The first-order valence-electron chi connectivity index (χ1n) is 11.6. The van der Waals surface area contributed by atoms with Crippen LogP contribution in [0.4, 0.5) is 17.6 Å². The minimum atomic E-state index is -4.49. The number of halogens is 4. The van der Waals surface area contributed by atoms with Gasteiger partial charge in [-0.1, -0.05) is 18.2 Å². The molecule has 2 aromatic carbocycles. The van der Waals surface area contributed by atoms with Crippen molar-refractivity contribution in [1.29, 1.82) is 10.5 Å². The lowest BCUT2D eigenvalue weighted by Gasteiger charge is -2.29. The Morgan fingerprint density at radius 2 is 1.76 bits per heavy atom. The van der Waals surface area contributed by atoms with Crippen molar-refractivity contribution in [2.75, 3.05) is 19.7 Å². The van der Waals surface area contributed by atoms with Crippen LogP contribution in [0.5, 0.6) is 5.88 Å². The maximum atomic E-state index is 14.3. The number of rotatable bonds is 7. The Bertz CT molecular complexity index is 1380. The van der Waals surface area contributed by atoms with Crippen molar-refractivity contribution in [3.05, 3.63) is 94.4 Å². The highest BCUT2D eigenvalue weighted by Gasteiger charge is 2.32. The second kappa shape index (κ2) is 11.3. The smallest absolute Gasteiger partial charge is 0.422 e. The summed E-state index contributed by atoms with van der Waals surface area (Å²) >= 11 is 0. The number of aromatic nitrogens is 1. The molecule has 1 N–H and O–H groups in total. The number of alkyl halides is 3. The number of hydrogen-bond donors (Lipinski definition) is 1. The SMILES string of the molecule is N#Cc1ccc([C@H](c2ccc(OCC(F)(F)F)nc2)N2CCC(NC(=O)c3ccc(C#N)cc3F)C2)cc1. The number of amides is 1. The number of carbonyl (C=O) groups is 1. The van der Waals surface area contributed by atoms with Crippen LogP contribution in [0.25, 0.3) is 0 Å². The van der Waals surface area contributed by atoms with Gasteiger partial charge in [-0.25, -0.2) is 9.37 Å². The van der Waals surface area contributed by atoms with Crippen LogP contribution in [0.2, 0.25) is 0 Å². The minimum absolute atomic E-state index is 0.111. The van der Waals surface area contributed by atoms with Crippen LogP contribution < -0.4 is 10.1 Å². The lowest BCUT2D eigenvalue weighted by molar-refractivity contribution is -0.154. The molecule has 1 amide bonds. The van der Waals surface area contributed by atoms with Gasteiger partial charge in [-0.2, -0.15) is 23.7 Å². The average Bonchev–Trinajstić information content (AvgIpc) is 3.35. The average molecular weight is 523 g/mol. The van der Waals surface area contributed by atoms with Gasteiger partial charge in [0, 0.05) is 31.4 Å². The van der Waals surface area contributed by atoms with Crippen molar-refractivity contribution in [2.45, 2.75) is 24.7 Å². The molecule has 0 radical (unpaired) electrons. The third-order valence-electron chi connectivity index (χ3n) is 6.08. The molecule has 1 aliphatic heterocycles. The molecule has 4 rings (SSSR count).